The highest BCUT2D eigenvalue weighted by molar-refractivity contribution is 5.50. The maximum Gasteiger partial charge on any atom is 0.164 e. The van der Waals surface area contributed by atoms with Gasteiger partial charge < -0.3 is 24.3 Å². The van der Waals surface area contributed by atoms with Gasteiger partial charge in [-0.15, -0.1) is 0 Å². The van der Waals surface area contributed by atoms with Crippen LogP contribution in [0.4, 0.5) is 0 Å². The quantitative estimate of drug-likeness (QED) is 0.811. The Labute approximate surface area is 137 Å². The zero-order valence-electron chi connectivity index (χ0n) is 14.0. The minimum atomic E-state index is 0.656. The normalized spacial score (nSPS) is 10.3. The molecule has 124 valence electrons. The molecule has 0 unspecified atom stereocenters. The van der Waals surface area contributed by atoms with E-state index in [1.54, 1.807) is 28.4 Å². The maximum absolute atomic E-state index is 5.43. The molecule has 0 bridgehead atoms. The third-order valence-corrected chi connectivity index (χ3v) is 3.59. The van der Waals surface area contributed by atoms with Gasteiger partial charge in [0.15, 0.2) is 11.5 Å². The van der Waals surface area contributed by atoms with Crippen LogP contribution in [0.25, 0.3) is 0 Å². The highest BCUT2D eigenvalue weighted by Gasteiger charge is 2.11. The number of hydrogen-bond donors (Lipinski definition) is 1. The van der Waals surface area contributed by atoms with Gasteiger partial charge in [0.05, 0.1) is 28.4 Å². The van der Waals surface area contributed by atoms with Gasteiger partial charge in [-0.25, -0.2) is 0 Å². The molecule has 0 heterocycles. The topological polar surface area (TPSA) is 49.0 Å². The molecular weight excluding hydrogens is 294 g/mol. The zero-order chi connectivity index (χ0) is 16.7. The van der Waals surface area contributed by atoms with Crippen molar-refractivity contribution in [1.29, 1.82) is 0 Å². The lowest BCUT2D eigenvalue weighted by atomic mass is 10.1. The summed E-state index contributed by atoms with van der Waals surface area (Å²) in [5.41, 5.74) is 2.20. The Morgan fingerprint density at radius 3 is 1.87 bits per heavy atom. The van der Waals surface area contributed by atoms with Gasteiger partial charge in [0.2, 0.25) is 0 Å². The summed E-state index contributed by atoms with van der Waals surface area (Å²) in [7, 11) is 6.54. The van der Waals surface area contributed by atoms with Crippen LogP contribution in [0.1, 0.15) is 11.1 Å². The molecular formula is C18H23NO4. The molecule has 1 N–H and O–H groups in total. The van der Waals surface area contributed by atoms with Crippen molar-refractivity contribution in [2.45, 2.75) is 13.1 Å². The Kier molecular flexibility index (Phi) is 6.11. The van der Waals surface area contributed by atoms with E-state index in [1.807, 2.05) is 36.4 Å². The second kappa shape index (κ2) is 8.29. The third-order valence-electron chi connectivity index (χ3n) is 3.59. The Morgan fingerprint density at radius 1 is 0.696 bits per heavy atom. The van der Waals surface area contributed by atoms with Gasteiger partial charge in [0, 0.05) is 24.7 Å². The van der Waals surface area contributed by atoms with Gasteiger partial charge in [0.25, 0.3) is 0 Å². The van der Waals surface area contributed by atoms with E-state index in [0.717, 1.165) is 23.6 Å². The van der Waals surface area contributed by atoms with Crippen molar-refractivity contribution in [1.82, 2.24) is 5.32 Å². The van der Waals surface area contributed by atoms with Crippen LogP contribution in [0.2, 0.25) is 0 Å². The molecule has 0 radical (unpaired) electrons. The van der Waals surface area contributed by atoms with Crippen LogP contribution in [-0.4, -0.2) is 28.4 Å². The summed E-state index contributed by atoms with van der Waals surface area (Å²) in [4.78, 5) is 0. The lowest BCUT2D eigenvalue weighted by Gasteiger charge is -2.14. The third kappa shape index (κ3) is 4.29. The van der Waals surface area contributed by atoms with Crippen LogP contribution in [0.15, 0.2) is 36.4 Å². The summed E-state index contributed by atoms with van der Waals surface area (Å²) >= 11 is 0. The number of methoxy groups -OCH3 is 4. The predicted octanol–water partition coefficient (Wildman–Crippen LogP) is 3.01. The van der Waals surface area contributed by atoms with E-state index in [9.17, 15) is 0 Å². The SMILES string of the molecule is COc1ccc(CNCc2cc(OC)c(OC)cc2OC)cc1. The second-order valence-corrected chi connectivity index (χ2v) is 4.97. The smallest absolute Gasteiger partial charge is 0.164 e. The molecule has 5 nitrogen and oxygen atoms in total. The monoisotopic (exact) mass is 317 g/mol. The summed E-state index contributed by atoms with van der Waals surface area (Å²) in [6, 6.07) is 11.7. The molecule has 2 aromatic carbocycles. The van der Waals surface area contributed by atoms with Crippen molar-refractivity contribution in [2.75, 3.05) is 28.4 Å². The van der Waals surface area contributed by atoms with E-state index >= 15 is 0 Å². The van der Waals surface area contributed by atoms with Crippen molar-refractivity contribution in [3.05, 3.63) is 47.5 Å². The Balaban J connectivity index is 2.03. The van der Waals surface area contributed by atoms with Gasteiger partial charge >= 0.3 is 0 Å². The van der Waals surface area contributed by atoms with Gasteiger partial charge in [-0.2, -0.15) is 0 Å². The molecule has 0 saturated heterocycles. The summed E-state index contributed by atoms with van der Waals surface area (Å²) in [6.45, 7) is 1.41. The largest absolute Gasteiger partial charge is 0.497 e. The minimum absolute atomic E-state index is 0.656. The molecule has 5 heteroatoms. The van der Waals surface area contributed by atoms with Crippen LogP contribution in [0.5, 0.6) is 23.0 Å². The lowest BCUT2D eigenvalue weighted by molar-refractivity contribution is 0.347. The fraction of sp³-hybridized carbons (Fsp3) is 0.333. The average molecular weight is 317 g/mol. The van der Waals surface area contributed by atoms with Gasteiger partial charge in [-0.1, -0.05) is 12.1 Å². The Hall–Kier alpha value is -2.40. The molecule has 0 amide bonds. The van der Waals surface area contributed by atoms with E-state index in [0.29, 0.717) is 18.0 Å². The standard InChI is InChI=1S/C18H23NO4/c1-20-15-7-5-13(6-8-15)11-19-12-14-9-17(22-3)18(23-4)10-16(14)21-2/h5-10,19H,11-12H2,1-4H3. The molecule has 2 aromatic rings. The van der Waals surface area contributed by atoms with E-state index in [1.165, 1.54) is 5.56 Å². The van der Waals surface area contributed by atoms with E-state index in [-0.39, 0.29) is 0 Å². The van der Waals surface area contributed by atoms with Crippen LogP contribution < -0.4 is 24.3 Å². The molecule has 0 fully saturated rings. The first-order chi connectivity index (χ1) is 11.2. The Morgan fingerprint density at radius 2 is 1.30 bits per heavy atom. The van der Waals surface area contributed by atoms with Gasteiger partial charge in [0.1, 0.15) is 11.5 Å². The number of ether oxygens (including phenoxy) is 4. The van der Waals surface area contributed by atoms with Crippen LogP contribution in [-0.2, 0) is 13.1 Å². The van der Waals surface area contributed by atoms with E-state index in [2.05, 4.69) is 5.32 Å². The molecule has 0 aliphatic heterocycles. The molecule has 23 heavy (non-hydrogen) atoms. The van der Waals surface area contributed by atoms with Crippen molar-refractivity contribution < 1.29 is 18.9 Å². The number of nitrogens with one attached hydrogen (secondary N) is 1. The molecule has 0 aromatic heterocycles. The molecule has 0 atom stereocenters. The summed E-state index contributed by atoms with van der Waals surface area (Å²) in [6.07, 6.45) is 0. The van der Waals surface area contributed by atoms with Crippen molar-refractivity contribution in [3.63, 3.8) is 0 Å². The Bertz CT molecular complexity index is 626. The fourth-order valence-electron chi connectivity index (χ4n) is 2.32. The minimum Gasteiger partial charge on any atom is -0.497 e. The molecule has 0 spiro atoms. The zero-order valence-corrected chi connectivity index (χ0v) is 14.0. The first-order valence-corrected chi connectivity index (χ1v) is 7.34. The fourth-order valence-corrected chi connectivity index (χ4v) is 2.32. The summed E-state index contributed by atoms with van der Waals surface area (Å²) in [5.74, 6) is 2.97. The van der Waals surface area contributed by atoms with Crippen LogP contribution in [0.3, 0.4) is 0 Å². The van der Waals surface area contributed by atoms with Gasteiger partial charge in [-0.3, -0.25) is 0 Å². The van der Waals surface area contributed by atoms with Gasteiger partial charge in [-0.05, 0) is 23.8 Å². The van der Waals surface area contributed by atoms with Crippen molar-refractivity contribution in [2.24, 2.45) is 0 Å². The summed E-state index contributed by atoms with van der Waals surface area (Å²) < 4.78 is 21.2. The van der Waals surface area contributed by atoms with Crippen molar-refractivity contribution in [3.8, 4) is 23.0 Å². The van der Waals surface area contributed by atoms with E-state index < -0.39 is 0 Å². The number of hydrogen-bond acceptors (Lipinski definition) is 5. The van der Waals surface area contributed by atoms with Crippen LogP contribution >= 0.6 is 0 Å². The highest BCUT2D eigenvalue weighted by atomic mass is 16.5. The molecule has 0 aliphatic carbocycles. The number of rotatable bonds is 8. The lowest BCUT2D eigenvalue weighted by Crippen LogP contribution is -2.13. The predicted molar refractivity (Wildman–Crippen MR) is 89.6 cm³/mol. The summed E-state index contributed by atoms with van der Waals surface area (Å²) in [5, 5.41) is 3.40. The van der Waals surface area contributed by atoms with Crippen molar-refractivity contribution >= 4 is 0 Å². The molecule has 2 rings (SSSR count). The first kappa shape index (κ1) is 17.0. The highest BCUT2D eigenvalue weighted by Crippen LogP contribution is 2.34. The average Bonchev–Trinajstić information content (AvgIpc) is 2.61. The maximum atomic E-state index is 5.43. The molecule has 0 aliphatic rings. The molecule has 0 saturated carbocycles. The first-order valence-electron chi connectivity index (χ1n) is 7.34. The number of benzene rings is 2. The second-order valence-electron chi connectivity index (χ2n) is 4.97. The van der Waals surface area contributed by atoms with Crippen LogP contribution in [0, 0.1) is 0 Å². The van der Waals surface area contributed by atoms with E-state index in [4.69, 9.17) is 18.9 Å².